The van der Waals surface area contributed by atoms with E-state index in [1.54, 1.807) is 59.9 Å². The fourth-order valence-corrected chi connectivity index (χ4v) is 6.64. The number of benzene rings is 3. The van der Waals surface area contributed by atoms with Crippen molar-refractivity contribution < 1.29 is 23.1 Å². The van der Waals surface area contributed by atoms with Gasteiger partial charge in [-0.2, -0.15) is 0 Å². The van der Waals surface area contributed by atoms with E-state index in [-0.39, 0.29) is 22.1 Å². The summed E-state index contributed by atoms with van der Waals surface area (Å²) in [5, 5.41) is 16.6. The van der Waals surface area contributed by atoms with Crippen LogP contribution in [0, 0.1) is 0 Å². The van der Waals surface area contributed by atoms with E-state index in [2.05, 4.69) is 15.7 Å². The van der Waals surface area contributed by atoms with Gasteiger partial charge in [-0.15, -0.1) is 11.3 Å². The SMILES string of the molecule is O=C(Nc1cc(CCCS(=O)(=O)c2ccc(Cl)cc2)ccc1O)c1cccc(OCc2nc(C3CCC3)cs2)c1. The molecule has 7 nitrogen and oxygen atoms in total. The van der Waals surface area contributed by atoms with Gasteiger partial charge in [0.15, 0.2) is 9.84 Å². The third-order valence-corrected chi connectivity index (χ3v) is 9.82. The fourth-order valence-electron chi connectivity index (χ4n) is 4.41. The van der Waals surface area contributed by atoms with Crippen LogP contribution in [-0.4, -0.2) is 30.2 Å². The Morgan fingerprint density at radius 3 is 2.65 bits per heavy atom. The van der Waals surface area contributed by atoms with E-state index in [9.17, 15) is 18.3 Å². The van der Waals surface area contributed by atoms with Crippen LogP contribution in [0.1, 0.15) is 58.2 Å². The van der Waals surface area contributed by atoms with Gasteiger partial charge in [0, 0.05) is 21.9 Å². The molecule has 0 bridgehead atoms. The van der Waals surface area contributed by atoms with Gasteiger partial charge < -0.3 is 15.2 Å². The summed E-state index contributed by atoms with van der Waals surface area (Å²) in [4.78, 5) is 17.9. The number of halogens is 1. The zero-order valence-corrected chi connectivity index (χ0v) is 24.1. The number of aromatic hydroxyl groups is 1. The molecule has 5 rings (SSSR count). The molecule has 1 amide bonds. The minimum absolute atomic E-state index is 0.0348. The molecule has 0 atom stereocenters. The molecule has 1 saturated carbocycles. The van der Waals surface area contributed by atoms with Crippen molar-refractivity contribution in [3.8, 4) is 11.5 Å². The van der Waals surface area contributed by atoms with Crippen LogP contribution in [0.4, 0.5) is 5.69 Å². The first-order chi connectivity index (χ1) is 19.3. The second-order valence-electron chi connectivity index (χ2n) is 9.79. The second-order valence-corrected chi connectivity index (χ2v) is 13.3. The Kier molecular flexibility index (Phi) is 8.73. The Morgan fingerprint density at radius 2 is 1.90 bits per heavy atom. The second kappa shape index (κ2) is 12.4. The number of hydrogen-bond acceptors (Lipinski definition) is 7. The summed E-state index contributed by atoms with van der Waals surface area (Å²) in [6.07, 6.45) is 4.50. The Balaban J connectivity index is 1.17. The van der Waals surface area contributed by atoms with Crippen molar-refractivity contribution in [2.45, 2.75) is 49.5 Å². The third kappa shape index (κ3) is 7.02. The number of aryl methyl sites for hydroxylation is 1. The molecule has 0 unspecified atom stereocenters. The average Bonchev–Trinajstić information content (AvgIpc) is 3.36. The molecule has 208 valence electrons. The highest BCUT2D eigenvalue weighted by atomic mass is 35.5. The Bertz CT molecular complexity index is 1600. The molecule has 3 aromatic carbocycles. The molecule has 0 spiro atoms. The number of phenols is 1. The number of carbonyl (C=O) groups is 1. The summed E-state index contributed by atoms with van der Waals surface area (Å²) in [6.45, 7) is 0.332. The highest BCUT2D eigenvalue weighted by Gasteiger charge is 2.22. The minimum atomic E-state index is -3.44. The lowest BCUT2D eigenvalue weighted by Gasteiger charge is -2.22. The Hall–Kier alpha value is -3.40. The van der Waals surface area contributed by atoms with Gasteiger partial charge in [-0.05, 0) is 85.8 Å². The summed E-state index contributed by atoms with van der Waals surface area (Å²) in [5.41, 5.74) is 2.57. The number of ether oxygens (including phenoxy) is 1. The Labute approximate surface area is 242 Å². The topological polar surface area (TPSA) is 106 Å². The van der Waals surface area contributed by atoms with E-state index in [1.807, 2.05) is 0 Å². The van der Waals surface area contributed by atoms with Gasteiger partial charge in [0.05, 0.1) is 22.0 Å². The standard InChI is InChI=1S/C30H29ClN2O5S2/c31-23-10-12-25(13-11-23)40(36,37)15-3-4-20-9-14-28(34)26(16-20)33-30(35)22-7-2-8-24(17-22)38-18-29-32-27(19-39-29)21-5-1-6-21/h2,7-14,16-17,19,21,34H,1,3-6,15,18H2,(H,33,35). The lowest BCUT2D eigenvalue weighted by molar-refractivity contribution is 0.102. The average molecular weight is 597 g/mol. The predicted molar refractivity (Wildman–Crippen MR) is 157 cm³/mol. The number of hydrogen-bond donors (Lipinski definition) is 2. The summed E-state index contributed by atoms with van der Waals surface area (Å²) in [6, 6.07) is 17.8. The molecule has 1 aliphatic carbocycles. The summed E-state index contributed by atoms with van der Waals surface area (Å²) in [5.74, 6) is 0.615. The Morgan fingerprint density at radius 1 is 1.10 bits per heavy atom. The number of carbonyl (C=O) groups excluding carboxylic acids is 1. The molecule has 1 aliphatic rings. The van der Waals surface area contributed by atoms with Crippen LogP contribution >= 0.6 is 22.9 Å². The molecule has 0 saturated heterocycles. The largest absolute Gasteiger partial charge is 0.506 e. The van der Waals surface area contributed by atoms with E-state index >= 15 is 0 Å². The summed E-state index contributed by atoms with van der Waals surface area (Å²) < 4.78 is 31.1. The van der Waals surface area contributed by atoms with Gasteiger partial charge in [0.2, 0.25) is 0 Å². The van der Waals surface area contributed by atoms with Gasteiger partial charge in [-0.25, -0.2) is 13.4 Å². The molecule has 1 heterocycles. The van der Waals surface area contributed by atoms with Crippen LogP contribution in [0.15, 0.2) is 77.0 Å². The van der Waals surface area contributed by atoms with E-state index in [0.29, 0.717) is 41.7 Å². The van der Waals surface area contributed by atoms with Gasteiger partial charge >= 0.3 is 0 Å². The number of rotatable bonds is 11. The zero-order valence-electron chi connectivity index (χ0n) is 21.7. The van der Waals surface area contributed by atoms with Crippen molar-refractivity contribution >= 4 is 44.4 Å². The monoisotopic (exact) mass is 596 g/mol. The van der Waals surface area contributed by atoms with E-state index < -0.39 is 15.7 Å². The maximum atomic E-state index is 13.0. The number of thiazole rings is 1. The van der Waals surface area contributed by atoms with E-state index in [1.165, 1.54) is 37.5 Å². The first-order valence-corrected chi connectivity index (χ1v) is 16.0. The number of phenolic OH excluding ortho intramolecular Hbond substituents is 1. The molecular weight excluding hydrogens is 568 g/mol. The summed E-state index contributed by atoms with van der Waals surface area (Å²) in [7, 11) is -3.44. The molecule has 10 heteroatoms. The number of aromatic nitrogens is 1. The molecule has 0 aliphatic heterocycles. The highest BCUT2D eigenvalue weighted by Crippen LogP contribution is 2.36. The number of amides is 1. The minimum Gasteiger partial charge on any atom is -0.506 e. The van der Waals surface area contributed by atoms with Gasteiger partial charge in [-0.3, -0.25) is 4.79 Å². The third-order valence-electron chi connectivity index (χ3n) is 6.91. The summed E-state index contributed by atoms with van der Waals surface area (Å²) >= 11 is 7.44. The number of nitrogens with one attached hydrogen (secondary N) is 1. The quantitative estimate of drug-likeness (QED) is 0.180. The van der Waals surface area contributed by atoms with Crippen LogP contribution in [0.25, 0.3) is 0 Å². The van der Waals surface area contributed by atoms with Crippen LogP contribution in [0.5, 0.6) is 11.5 Å². The predicted octanol–water partition coefficient (Wildman–Crippen LogP) is 7.01. The van der Waals surface area contributed by atoms with Crippen LogP contribution in [0.3, 0.4) is 0 Å². The first kappa shape index (κ1) is 28.1. The van der Waals surface area contributed by atoms with Gasteiger partial charge in [0.25, 0.3) is 5.91 Å². The number of nitrogens with zero attached hydrogens (tertiary/aromatic N) is 1. The molecule has 4 aromatic rings. The van der Waals surface area contributed by atoms with Crippen LogP contribution < -0.4 is 10.1 Å². The van der Waals surface area contributed by atoms with Crippen molar-refractivity contribution in [2.24, 2.45) is 0 Å². The van der Waals surface area contributed by atoms with Crippen molar-refractivity contribution in [3.63, 3.8) is 0 Å². The fraction of sp³-hybridized carbons (Fsp3) is 0.267. The first-order valence-electron chi connectivity index (χ1n) is 13.1. The number of sulfone groups is 1. The molecule has 1 fully saturated rings. The van der Waals surface area contributed by atoms with Crippen molar-refractivity contribution in [3.05, 3.63) is 99.0 Å². The maximum Gasteiger partial charge on any atom is 0.255 e. The van der Waals surface area contributed by atoms with Crippen LogP contribution in [-0.2, 0) is 22.9 Å². The lowest BCUT2D eigenvalue weighted by Crippen LogP contribution is -2.12. The van der Waals surface area contributed by atoms with Crippen molar-refractivity contribution in [1.82, 2.24) is 4.98 Å². The molecule has 2 N–H and O–H groups in total. The smallest absolute Gasteiger partial charge is 0.255 e. The highest BCUT2D eigenvalue weighted by molar-refractivity contribution is 7.91. The molecular formula is C30H29ClN2O5S2. The zero-order chi connectivity index (χ0) is 28.1. The van der Waals surface area contributed by atoms with Gasteiger partial charge in [-0.1, -0.05) is 30.2 Å². The van der Waals surface area contributed by atoms with E-state index in [0.717, 1.165) is 16.3 Å². The molecule has 40 heavy (non-hydrogen) atoms. The van der Waals surface area contributed by atoms with Crippen molar-refractivity contribution in [1.29, 1.82) is 0 Å². The van der Waals surface area contributed by atoms with Gasteiger partial charge in [0.1, 0.15) is 23.1 Å². The number of anilines is 1. The maximum absolute atomic E-state index is 13.0. The van der Waals surface area contributed by atoms with Crippen molar-refractivity contribution in [2.75, 3.05) is 11.1 Å². The molecule has 0 radical (unpaired) electrons. The van der Waals surface area contributed by atoms with Crippen LogP contribution in [0.2, 0.25) is 5.02 Å². The van der Waals surface area contributed by atoms with E-state index in [4.69, 9.17) is 16.3 Å². The normalized spacial score (nSPS) is 13.5. The molecule has 1 aromatic heterocycles. The lowest BCUT2D eigenvalue weighted by atomic mass is 9.83.